The van der Waals surface area contributed by atoms with E-state index in [0.717, 1.165) is 21.6 Å². The van der Waals surface area contributed by atoms with E-state index >= 15 is 0 Å². The number of likely N-dealkylation sites (tertiary alicyclic amines) is 1. The average Bonchev–Trinajstić information content (AvgIpc) is 1.75. The molecule has 100 heavy (non-hydrogen) atoms. The quantitative estimate of drug-likeness (QED) is 0.00765. The van der Waals surface area contributed by atoms with Gasteiger partial charge in [0, 0.05) is 60.1 Å². The summed E-state index contributed by atoms with van der Waals surface area (Å²) in [4.78, 5) is 187. The van der Waals surface area contributed by atoms with Crippen molar-refractivity contribution in [1.82, 2.24) is 67.0 Å². The van der Waals surface area contributed by atoms with Crippen LogP contribution in [0.2, 0.25) is 0 Å². The molecule has 8 amide bonds. The van der Waals surface area contributed by atoms with Gasteiger partial charge in [0.15, 0.2) is 34.9 Å². The number of aliphatic carboxylic acids is 4. The number of guanidine groups is 1. The van der Waals surface area contributed by atoms with E-state index in [1.165, 1.54) is 49.6 Å². The Labute approximate surface area is 576 Å². The molecule has 2 aliphatic heterocycles. The van der Waals surface area contributed by atoms with E-state index in [4.69, 9.17) is 41.6 Å². The van der Waals surface area contributed by atoms with Gasteiger partial charge in [0.1, 0.15) is 36.8 Å². The van der Waals surface area contributed by atoms with Gasteiger partial charge >= 0.3 is 30.0 Å². The molecule has 4 heterocycles. The Bertz CT molecular complexity index is 3740. The summed E-state index contributed by atoms with van der Waals surface area (Å²) in [6.45, 7) is 2.10. The second-order valence-corrected chi connectivity index (χ2v) is 25.1. The fourth-order valence-electron chi connectivity index (χ4n) is 10.2. The van der Waals surface area contributed by atoms with Gasteiger partial charge < -0.3 is 104 Å². The summed E-state index contributed by atoms with van der Waals surface area (Å²) < 4.78 is 22.1. The SMILES string of the molecule is COc1cc(N)c(C(=O)N2CCC[C@H]2C2OCCN2C(=O)OCCSSC[C@H](NC(=O)[C@H](CC(=O)O)NC(=O)[C@H](CC(=O)O)NC(=O)[C@H](CCCNC(=N)N)NC(=O)[C@H](CC(=O)O)NC(=O)CC[C@@H](C)NC(=O)c2ccc(NCc3cnc4nc(N)[nH]c(=O)c4n3)cc2)C(=O)O)cc1OC. The van der Waals surface area contributed by atoms with E-state index in [2.05, 4.69) is 57.2 Å². The first-order chi connectivity index (χ1) is 47.5. The van der Waals surface area contributed by atoms with Crippen LogP contribution in [-0.4, -0.2) is 235 Å². The largest absolute Gasteiger partial charge is 0.493 e. The summed E-state index contributed by atoms with van der Waals surface area (Å²) in [6, 6.07) is -1.60. The molecule has 0 bridgehead atoms. The van der Waals surface area contributed by atoms with Crippen molar-refractivity contribution in [2.24, 2.45) is 5.73 Å². The molecule has 0 saturated carbocycles. The third-order valence-electron chi connectivity index (χ3n) is 15.1. The summed E-state index contributed by atoms with van der Waals surface area (Å²) in [5.74, 6) is -14.0. The normalized spacial score (nSPS) is 15.8. The van der Waals surface area contributed by atoms with Crippen molar-refractivity contribution in [3.8, 4) is 11.5 Å². The molecule has 20 N–H and O–H groups in total. The Balaban J connectivity index is 0.992. The second-order valence-electron chi connectivity index (χ2n) is 22.5. The van der Waals surface area contributed by atoms with Crippen LogP contribution in [0, 0.1) is 5.41 Å². The molecule has 2 aromatic carbocycles. The topological polar surface area (TPSA) is 599 Å². The first-order valence-corrected chi connectivity index (χ1v) is 33.3. The van der Waals surface area contributed by atoms with Crippen LogP contribution in [0.25, 0.3) is 11.2 Å². The number of nitrogen functional groups attached to an aromatic ring is 2. The van der Waals surface area contributed by atoms with Crippen molar-refractivity contribution in [2.45, 2.75) is 120 Å². The number of benzene rings is 2. The minimum atomic E-state index is -2.13. The van der Waals surface area contributed by atoms with Crippen molar-refractivity contribution in [3.63, 3.8) is 0 Å². The number of methoxy groups -OCH3 is 2. The minimum absolute atomic E-state index is 0.00654. The number of carboxylic acids is 4. The maximum atomic E-state index is 14.0. The number of carboxylic acid groups (broad SMARTS) is 4. The molecule has 0 aliphatic carbocycles. The number of anilines is 3. The summed E-state index contributed by atoms with van der Waals surface area (Å²) in [7, 11) is 4.79. The first-order valence-electron chi connectivity index (χ1n) is 30.8. The third-order valence-corrected chi connectivity index (χ3v) is 17.5. The number of amides is 8. The maximum absolute atomic E-state index is 14.0. The first kappa shape index (κ1) is 78.0. The molecule has 1 unspecified atom stereocenters. The number of fused-ring (bicyclic) bond motifs is 1. The van der Waals surface area contributed by atoms with E-state index in [9.17, 15) is 82.8 Å². The van der Waals surface area contributed by atoms with Gasteiger partial charge in [-0.05, 0) is 69.4 Å². The van der Waals surface area contributed by atoms with Crippen molar-refractivity contribution in [3.05, 3.63) is 69.8 Å². The number of ether oxygens (including phenoxy) is 4. The van der Waals surface area contributed by atoms with Crippen LogP contribution in [0.5, 0.6) is 11.5 Å². The predicted octanol–water partition coefficient (Wildman–Crippen LogP) is -1.92. The number of carbonyl (C=O) groups excluding carboxylic acids is 8. The van der Waals surface area contributed by atoms with Crippen LogP contribution < -0.4 is 74.8 Å². The lowest BCUT2D eigenvalue weighted by Gasteiger charge is -2.33. The lowest BCUT2D eigenvalue weighted by molar-refractivity contribution is -0.144. The van der Waals surface area contributed by atoms with Crippen LogP contribution >= 0.6 is 21.6 Å². The van der Waals surface area contributed by atoms with Gasteiger partial charge in [-0.25, -0.2) is 19.6 Å². The number of carbonyl (C=O) groups is 12. The predicted molar refractivity (Wildman–Crippen MR) is 356 cm³/mol. The molecule has 0 radical (unpaired) electrons. The van der Waals surface area contributed by atoms with Crippen LogP contribution in [-0.2, 0) is 59.2 Å². The molecule has 39 nitrogen and oxygen atoms in total. The molecular formula is C59H78N18O21S2. The van der Waals surface area contributed by atoms with Crippen molar-refractivity contribution >= 4 is 127 Å². The number of aromatic amines is 1. The van der Waals surface area contributed by atoms with Gasteiger partial charge in [-0.1, -0.05) is 21.6 Å². The summed E-state index contributed by atoms with van der Waals surface area (Å²) >= 11 is 0. The number of hydrogen-bond acceptors (Lipinski definition) is 26. The zero-order valence-electron chi connectivity index (χ0n) is 54.2. The number of H-pyrrole nitrogens is 1. The average molecular weight is 1440 g/mol. The monoisotopic (exact) mass is 1440 g/mol. The van der Waals surface area contributed by atoms with Crippen LogP contribution in [0.1, 0.15) is 91.1 Å². The highest BCUT2D eigenvalue weighted by Gasteiger charge is 2.44. The van der Waals surface area contributed by atoms with E-state index in [-0.39, 0.29) is 110 Å². The lowest BCUT2D eigenvalue weighted by atomic mass is 10.1. The number of nitrogens with two attached hydrogens (primary N) is 3. The van der Waals surface area contributed by atoms with Gasteiger partial charge in [0.25, 0.3) is 17.4 Å². The van der Waals surface area contributed by atoms with E-state index < -0.39 is 151 Å². The molecule has 2 saturated heterocycles. The number of nitrogens with one attached hydrogen (secondary N) is 10. The van der Waals surface area contributed by atoms with Gasteiger partial charge in [-0.3, -0.25) is 68.0 Å². The Hall–Kier alpha value is -11.0. The number of rotatable bonds is 38. The number of aromatic nitrogens is 4. The summed E-state index contributed by atoms with van der Waals surface area (Å²) in [5.41, 5.74) is 18.2. The number of nitrogens with zero attached hydrogens (tertiary/aromatic N) is 5. The molecule has 4 aromatic rings. The van der Waals surface area contributed by atoms with Crippen LogP contribution in [0.3, 0.4) is 0 Å². The van der Waals surface area contributed by atoms with Crippen molar-refractivity contribution < 1.29 is 96.9 Å². The maximum Gasteiger partial charge on any atom is 0.412 e. The van der Waals surface area contributed by atoms with E-state index in [0.29, 0.717) is 36.5 Å². The molecule has 2 fully saturated rings. The Morgan fingerprint density at radius 3 is 1.97 bits per heavy atom. The lowest BCUT2D eigenvalue weighted by Crippen LogP contribution is -2.59. The van der Waals surface area contributed by atoms with E-state index in [1.54, 1.807) is 24.0 Å². The zero-order chi connectivity index (χ0) is 73.3. The molecule has 8 atom stereocenters. The molecule has 41 heteroatoms. The Morgan fingerprint density at radius 1 is 0.760 bits per heavy atom. The highest BCUT2D eigenvalue weighted by atomic mass is 33.1. The Kier molecular flexibility index (Phi) is 29.4. The fraction of sp³-hybridized carbons (Fsp3) is 0.475. The summed E-state index contributed by atoms with van der Waals surface area (Å²) in [6.07, 6.45) is -3.36. The zero-order valence-corrected chi connectivity index (χ0v) is 55.8. The molecular weight excluding hydrogens is 1360 g/mol. The molecule has 542 valence electrons. The van der Waals surface area contributed by atoms with Gasteiger partial charge in [-0.15, -0.1) is 0 Å². The second kappa shape index (κ2) is 37.7. The highest BCUT2D eigenvalue weighted by molar-refractivity contribution is 8.76. The van der Waals surface area contributed by atoms with Crippen molar-refractivity contribution in [1.29, 1.82) is 5.41 Å². The highest BCUT2D eigenvalue weighted by Crippen LogP contribution is 2.35. The minimum Gasteiger partial charge on any atom is -0.493 e. The standard InChI is InChI=1S/C59H78N18O21S2/c1-28(67-48(85)29-9-11-30(12-10-29)65-25-31-26-66-47-46(68-31)53(90)75-58(63)74-47)8-13-42(78)69-35(22-43(79)80)50(87)70-34(6-4-14-64-57(61)62)49(86)71-36(23-44(81)82)51(88)72-37(24-45(83)84)52(89)73-38(56(92)93)27-100-99-19-18-98-59(94)77-16-17-97-55(77)39-7-5-15-76(39)54(91)32-20-40(95-2)41(96-3)21-33(32)60/h9-12,20-21,26,28,34-39,55,65H,4-8,13-19,22-25,27,60H2,1-3H3,(H,67,85)(H,69,78)(H,70,87)(H,71,86)(H,72,88)(H,73,89)(H,79,80)(H,81,82)(H,83,84)(H,92,93)(H4,61,62,64)(H3,63,66,74,75,90)/t28-,34+,35+,36+,37+,38+,39+,55?/m1/s1. The van der Waals surface area contributed by atoms with Crippen molar-refractivity contribution in [2.75, 3.05) is 75.4 Å². The van der Waals surface area contributed by atoms with Crippen LogP contribution in [0.4, 0.5) is 22.1 Å². The molecule has 0 spiro atoms. The van der Waals surface area contributed by atoms with Gasteiger partial charge in [0.05, 0.1) is 76.7 Å². The van der Waals surface area contributed by atoms with Crippen LogP contribution in [0.15, 0.2) is 47.4 Å². The third kappa shape index (κ3) is 23.4. The molecule has 6 rings (SSSR count). The van der Waals surface area contributed by atoms with Gasteiger partial charge in [0.2, 0.25) is 35.5 Å². The fourth-order valence-corrected chi connectivity index (χ4v) is 12.2. The molecule has 2 aliphatic rings. The number of hydrogen-bond donors (Lipinski definition) is 17. The smallest absolute Gasteiger partial charge is 0.412 e. The summed E-state index contributed by atoms with van der Waals surface area (Å²) in [5, 5.41) is 65.9. The Morgan fingerprint density at radius 2 is 1.36 bits per heavy atom. The van der Waals surface area contributed by atoms with Gasteiger partial charge in [-0.2, -0.15) is 4.98 Å². The molecule has 2 aromatic heterocycles. The van der Waals surface area contributed by atoms with E-state index in [1.807, 2.05) is 5.32 Å².